The number of H-pyrrole nitrogens is 1. The van der Waals surface area contributed by atoms with E-state index in [2.05, 4.69) is 15.6 Å². The molecular formula is C17H18ClF3N3O+. The van der Waals surface area contributed by atoms with Crippen molar-refractivity contribution in [2.24, 2.45) is 0 Å². The van der Waals surface area contributed by atoms with Gasteiger partial charge in [-0.2, -0.15) is 13.2 Å². The normalized spacial score (nSPS) is 11.3. The van der Waals surface area contributed by atoms with E-state index in [9.17, 15) is 18.0 Å². The van der Waals surface area contributed by atoms with E-state index in [0.717, 1.165) is 34.6 Å². The molecular weight excluding hydrogens is 355 g/mol. The molecule has 0 saturated carbocycles. The van der Waals surface area contributed by atoms with E-state index in [0.29, 0.717) is 0 Å². The molecule has 1 aromatic heterocycles. The number of aromatic nitrogens is 1. The fraction of sp³-hybridized carbons (Fsp3) is 0.294. The maximum atomic E-state index is 12.6. The molecule has 0 saturated heterocycles. The van der Waals surface area contributed by atoms with Crippen molar-refractivity contribution in [1.29, 1.82) is 0 Å². The first-order valence-electron chi connectivity index (χ1n) is 7.48. The number of aromatic amines is 1. The summed E-state index contributed by atoms with van der Waals surface area (Å²) in [5.41, 5.74) is 2.80. The van der Waals surface area contributed by atoms with Gasteiger partial charge in [0.15, 0.2) is 6.54 Å². The molecule has 2 rings (SSSR count). The van der Waals surface area contributed by atoms with Crippen LogP contribution in [0.2, 0.25) is 5.02 Å². The van der Waals surface area contributed by atoms with E-state index in [1.807, 2.05) is 32.9 Å². The molecule has 0 atom stereocenters. The van der Waals surface area contributed by atoms with E-state index in [-0.39, 0.29) is 23.3 Å². The second-order valence-electron chi connectivity index (χ2n) is 5.78. The number of amides is 1. The molecule has 1 aromatic carbocycles. The van der Waals surface area contributed by atoms with Crippen molar-refractivity contribution >= 4 is 29.0 Å². The minimum Gasteiger partial charge on any atom is -0.322 e. The summed E-state index contributed by atoms with van der Waals surface area (Å²) >= 11 is 5.82. The number of carbonyl (C=O) groups is 1. The van der Waals surface area contributed by atoms with Crippen molar-refractivity contribution in [1.82, 2.24) is 0 Å². The Morgan fingerprint density at radius 3 is 2.28 bits per heavy atom. The van der Waals surface area contributed by atoms with Crippen molar-refractivity contribution in [3.05, 3.63) is 51.7 Å². The third-order valence-corrected chi connectivity index (χ3v) is 3.89. The van der Waals surface area contributed by atoms with Gasteiger partial charge in [-0.15, -0.1) is 0 Å². The minimum atomic E-state index is -4.49. The van der Waals surface area contributed by atoms with Crippen LogP contribution < -0.4 is 15.6 Å². The number of halogens is 4. The molecule has 0 aliphatic rings. The molecule has 134 valence electrons. The van der Waals surface area contributed by atoms with Crippen molar-refractivity contribution in [2.75, 3.05) is 17.2 Å². The third kappa shape index (κ3) is 4.85. The number of hydrogen-bond acceptors (Lipinski definition) is 2. The van der Waals surface area contributed by atoms with E-state index in [4.69, 9.17) is 11.6 Å². The maximum absolute atomic E-state index is 12.6. The Bertz CT molecular complexity index is 783. The second kappa shape index (κ2) is 7.31. The lowest BCUT2D eigenvalue weighted by atomic mass is 10.1. The summed E-state index contributed by atoms with van der Waals surface area (Å²) in [4.78, 5) is 14.5. The molecule has 0 radical (unpaired) electrons. The molecule has 25 heavy (non-hydrogen) atoms. The smallest absolute Gasteiger partial charge is 0.322 e. The maximum Gasteiger partial charge on any atom is 0.419 e. The molecule has 4 nitrogen and oxygen atoms in total. The van der Waals surface area contributed by atoms with Crippen LogP contribution in [0.5, 0.6) is 0 Å². The monoisotopic (exact) mass is 372 g/mol. The van der Waals surface area contributed by atoms with Gasteiger partial charge in [0.05, 0.1) is 5.56 Å². The molecule has 1 amide bonds. The number of anilines is 2. The second-order valence-corrected chi connectivity index (χ2v) is 6.19. The molecule has 8 heteroatoms. The highest BCUT2D eigenvalue weighted by atomic mass is 35.5. The van der Waals surface area contributed by atoms with E-state index < -0.39 is 11.7 Å². The van der Waals surface area contributed by atoms with Crippen LogP contribution >= 0.6 is 11.6 Å². The molecule has 1 heterocycles. The Labute approximate surface area is 148 Å². The highest BCUT2D eigenvalue weighted by molar-refractivity contribution is 6.32. The van der Waals surface area contributed by atoms with Gasteiger partial charge in [-0.05, 0) is 38.0 Å². The number of alkyl halides is 3. The predicted octanol–water partition coefficient (Wildman–Crippen LogP) is 4.15. The molecule has 0 spiro atoms. The van der Waals surface area contributed by atoms with Crippen LogP contribution in [0.15, 0.2) is 24.4 Å². The van der Waals surface area contributed by atoms with Gasteiger partial charge in [-0.3, -0.25) is 10.1 Å². The summed E-state index contributed by atoms with van der Waals surface area (Å²) in [7, 11) is 0. The van der Waals surface area contributed by atoms with Crippen LogP contribution in [0.4, 0.5) is 24.7 Å². The summed E-state index contributed by atoms with van der Waals surface area (Å²) in [5, 5.41) is 5.34. The lowest BCUT2D eigenvalue weighted by molar-refractivity contribution is -0.364. The Morgan fingerprint density at radius 2 is 1.76 bits per heavy atom. The first kappa shape index (κ1) is 19.1. The lowest BCUT2D eigenvalue weighted by Crippen LogP contribution is -2.26. The number of pyridine rings is 1. The van der Waals surface area contributed by atoms with Crippen LogP contribution in [-0.4, -0.2) is 12.5 Å². The predicted molar refractivity (Wildman–Crippen MR) is 90.8 cm³/mol. The van der Waals surface area contributed by atoms with Crippen LogP contribution in [0.3, 0.4) is 0 Å². The van der Waals surface area contributed by atoms with Gasteiger partial charge < -0.3 is 5.32 Å². The third-order valence-electron chi connectivity index (χ3n) is 3.59. The number of hydrogen-bond donors (Lipinski definition) is 2. The van der Waals surface area contributed by atoms with Gasteiger partial charge in [-0.25, -0.2) is 4.98 Å². The molecule has 0 aliphatic carbocycles. The number of benzene rings is 1. The van der Waals surface area contributed by atoms with E-state index in [1.54, 1.807) is 0 Å². The Kier molecular flexibility index (Phi) is 5.57. The summed E-state index contributed by atoms with van der Waals surface area (Å²) in [6.07, 6.45) is -3.70. The Balaban J connectivity index is 2.04. The first-order valence-corrected chi connectivity index (χ1v) is 7.85. The van der Waals surface area contributed by atoms with Crippen LogP contribution in [0, 0.1) is 20.8 Å². The molecule has 2 aromatic rings. The molecule has 3 N–H and O–H groups in total. The molecule has 0 fully saturated rings. The number of rotatable bonds is 4. The summed E-state index contributed by atoms with van der Waals surface area (Å²) in [6, 6.07) is 4.71. The number of aryl methyl sites for hydroxylation is 3. The average molecular weight is 373 g/mol. The van der Waals surface area contributed by atoms with Gasteiger partial charge in [0, 0.05) is 5.69 Å². The number of nitrogens with one attached hydrogen (secondary N) is 3. The highest BCUT2D eigenvalue weighted by Crippen LogP contribution is 2.31. The van der Waals surface area contributed by atoms with Crippen LogP contribution in [0.1, 0.15) is 22.3 Å². The van der Waals surface area contributed by atoms with Gasteiger partial charge >= 0.3 is 6.18 Å². The quantitative estimate of drug-likeness (QED) is 0.847. The SMILES string of the molecule is Cc1cc(C)c(NC(=O)CNc2[nH+]cc(C(F)(F)F)cc2Cl)c(C)c1. The first-order chi connectivity index (χ1) is 11.6. The largest absolute Gasteiger partial charge is 0.419 e. The molecule has 0 unspecified atom stereocenters. The Morgan fingerprint density at radius 1 is 1.16 bits per heavy atom. The van der Waals surface area contributed by atoms with Gasteiger partial charge in [0.1, 0.15) is 11.2 Å². The summed E-state index contributed by atoms with van der Waals surface area (Å²) in [6.45, 7) is 5.61. The highest BCUT2D eigenvalue weighted by Gasteiger charge is 2.32. The van der Waals surface area contributed by atoms with E-state index in [1.165, 1.54) is 0 Å². The molecule has 0 aliphatic heterocycles. The van der Waals surface area contributed by atoms with Crippen molar-refractivity contribution in [3.63, 3.8) is 0 Å². The summed E-state index contributed by atoms with van der Waals surface area (Å²) in [5.74, 6) is -0.193. The zero-order valence-corrected chi connectivity index (χ0v) is 14.7. The van der Waals surface area contributed by atoms with Gasteiger partial charge in [0.2, 0.25) is 0 Å². The zero-order valence-electron chi connectivity index (χ0n) is 13.9. The fourth-order valence-corrected chi connectivity index (χ4v) is 2.74. The van der Waals surface area contributed by atoms with Crippen molar-refractivity contribution in [2.45, 2.75) is 26.9 Å². The fourth-order valence-electron chi connectivity index (χ4n) is 2.50. The summed E-state index contributed by atoms with van der Waals surface area (Å²) < 4.78 is 37.8. The van der Waals surface area contributed by atoms with Gasteiger partial charge in [-0.1, -0.05) is 29.3 Å². The lowest BCUT2D eigenvalue weighted by Gasteiger charge is -2.12. The van der Waals surface area contributed by atoms with Gasteiger partial charge in [0.25, 0.3) is 11.7 Å². The van der Waals surface area contributed by atoms with Crippen LogP contribution in [0.25, 0.3) is 0 Å². The average Bonchev–Trinajstić information content (AvgIpc) is 2.48. The van der Waals surface area contributed by atoms with E-state index >= 15 is 0 Å². The standard InChI is InChI=1S/C17H17ClF3N3O/c1-9-4-10(2)15(11(3)5-9)24-14(25)8-23-16-13(18)6-12(7-22-16)17(19,20)21/h4-7H,8H2,1-3H3,(H,22,23)(H,24,25)/p+1. The zero-order chi connectivity index (χ0) is 18.8. The van der Waals surface area contributed by atoms with Crippen molar-refractivity contribution < 1.29 is 22.9 Å². The van der Waals surface area contributed by atoms with Crippen LogP contribution in [-0.2, 0) is 11.0 Å². The molecule has 0 bridgehead atoms. The topological polar surface area (TPSA) is 55.3 Å². The Hall–Kier alpha value is -2.28. The minimum absolute atomic E-state index is 0.141. The van der Waals surface area contributed by atoms with Crippen molar-refractivity contribution in [3.8, 4) is 0 Å². The number of carbonyl (C=O) groups excluding carboxylic acids is 1.